The molecule has 0 aliphatic carbocycles. The van der Waals surface area contributed by atoms with Crippen LogP contribution in [-0.2, 0) is 13.0 Å². The Kier molecular flexibility index (Phi) is 5.59. The summed E-state index contributed by atoms with van der Waals surface area (Å²) in [4.78, 5) is 19.6. The van der Waals surface area contributed by atoms with Gasteiger partial charge in [-0.15, -0.1) is 0 Å². The summed E-state index contributed by atoms with van der Waals surface area (Å²) < 4.78 is 0. The number of aryl methyl sites for hydroxylation is 1. The molecule has 0 saturated carbocycles. The highest BCUT2D eigenvalue weighted by Gasteiger charge is 2.03. The second kappa shape index (κ2) is 8.63. The largest absolute Gasteiger partial charge is 0.313 e. The number of benzene rings is 3. The molecule has 140 valence electrons. The van der Waals surface area contributed by atoms with E-state index >= 15 is 0 Å². The van der Waals surface area contributed by atoms with Gasteiger partial charge >= 0.3 is 0 Å². The van der Waals surface area contributed by atoms with E-state index in [0.717, 1.165) is 37.3 Å². The van der Waals surface area contributed by atoms with Crippen molar-refractivity contribution < 1.29 is 0 Å². The first-order chi connectivity index (χ1) is 13.8. The average molecular weight is 369 g/mol. The summed E-state index contributed by atoms with van der Waals surface area (Å²) in [7, 11) is 0. The van der Waals surface area contributed by atoms with Crippen molar-refractivity contribution in [2.24, 2.45) is 0 Å². The third-order valence-corrected chi connectivity index (χ3v) is 4.79. The predicted octanol–water partition coefficient (Wildman–Crippen LogP) is 4.31. The highest BCUT2D eigenvalue weighted by Crippen LogP contribution is 2.19. The van der Waals surface area contributed by atoms with Crippen LogP contribution in [-0.4, -0.2) is 16.5 Å². The number of nitrogens with one attached hydrogen (secondary N) is 2. The van der Waals surface area contributed by atoms with Crippen molar-refractivity contribution in [1.82, 2.24) is 15.3 Å². The van der Waals surface area contributed by atoms with E-state index < -0.39 is 0 Å². The molecule has 3 aromatic carbocycles. The Balaban J connectivity index is 1.30. The van der Waals surface area contributed by atoms with E-state index in [2.05, 4.69) is 63.8 Å². The van der Waals surface area contributed by atoms with E-state index in [-0.39, 0.29) is 5.56 Å². The highest BCUT2D eigenvalue weighted by molar-refractivity contribution is 5.77. The van der Waals surface area contributed by atoms with Crippen LogP contribution in [0.15, 0.2) is 83.7 Å². The fraction of sp³-hybridized carbons (Fsp3) is 0.167. The molecule has 0 radical (unpaired) electrons. The van der Waals surface area contributed by atoms with E-state index in [4.69, 9.17) is 0 Å². The summed E-state index contributed by atoms with van der Waals surface area (Å²) in [5.41, 5.74) is 4.42. The molecule has 0 spiro atoms. The van der Waals surface area contributed by atoms with Crippen LogP contribution in [0.3, 0.4) is 0 Å². The normalized spacial score (nSPS) is 11.0. The topological polar surface area (TPSA) is 57.8 Å². The maximum Gasteiger partial charge on any atom is 0.258 e. The van der Waals surface area contributed by atoms with E-state index in [1.54, 1.807) is 6.07 Å². The maximum absolute atomic E-state index is 12.1. The van der Waals surface area contributed by atoms with E-state index in [0.29, 0.717) is 5.39 Å². The fourth-order valence-electron chi connectivity index (χ4n) is 3.36. The van der Waals surface area contributed by atoms with Gasteiger partial charge in [-0.3, -0.25) is 4.79 Å². The van der Waals surface area contributed by atoms with Crippen LogP contribution in [0.1, 0.15) is 17.8 Å². The zero-order chi connectivity index (χ0) is 19.2. The van der Waals surface area contributed by atoms with Crippen molar-refractivity contribution in [3.63, 3.8) is 0 Å². The molecule has 4 nitrogen and oxygen atoms in total. The molecule has 0 saturated heterocycles. The first-order valence-electron chi connectivity index (χ1n) is 9.62. The van der Waals surface area contributed by atoms with Crippen LogP contribution in [0.5, 0.6) is 0 Å². The molecule has 1 heterocycles. The number of nitrogens with zero attached hydrogens (tertiary/aromatic N) is 1. The summed E-state index contributed by atoms with van der Waals surface area (Å²) >= 11 is 0. The lowest BCUT2D eigenvalue weighted by atomic mass is 10.0. The number of rotatable bonds is 7. The van der Waals surface area contributed by atoms with Gasteiger partial charge in [-0.1, -0.05) is 60.7 Å². The Morgan fingerprint density at radius 3 is 2.54 bits per heavy atom. The second-order valence-corrected chi connectivity index (χ2v) is 6.88. The smallest absolute Gasteiger partial charge is 0.258 e. The molecule has 28 heavy (non-hydrogen) atoms. The van der Waals surface area contributed by atoms with Gasteiger partial charge in [0.05, 0.1) is 10.9 Å². The van der Waals surface area contributed by atoms with Gasteiger partial charge in [0.25, 0.3) is 5.56 Å². The Bertz CT molecular complexity index is 1120. The molecule has 0 unspecified atom stereocenters. The van der Waals surface area contributed by atoms with Gasteiger partial charge in [-0.2, -0.15) is 0 Å². The van der Waals surface area contributed by atoms with Crippen molar-refractivity contribution in [1.29, 1.82) is 0 Å². The highest BCUT2D eigenvalue weighted by atomic mass is 16.1. The maximum atomic E-state index is 12.1. The van der Waals surface area contributed by atoms with Crippen LogP contribution in [0.4, 0.5) is 0 Å². The minimum atomic E-state index is -0.0636. The van der Waals surface area contributed by atoms with Crippen LogP contribution >= 0.6 is 0 Å². The van der Waals surface area contributed by atoms with Gasteiger partial charge in [0.2, 0.25) is 0 Å². The SMILES string of the molecule is O=c1[nH]c(CCCNCc2cccc(-c3ccccc3)c2)nc2ccccc12. The number of aromatic amines is 1. The number of hydrogen-bond donors (Lipinski definition) is 2. The van der Waals surface area contributed by atoms with Gasteiger partial charge in [-0.25, -0.2) is 4.98 Å². The summed E-state index contributed by atoms with van der Waals surface area (Å²) in [6.07, 6.45) is 1.66. The molecule has 0 aliphatic rings. The van der Waals surface area contributed by atoms with Crippen molar-refractivity contribution in [2.75, 3.05) is 6.54 Å². The average Bonchev–Trinajstić information content (AvgIpc) is 2.74. The summed E-state index contributed by atoms with van der Waals surface area (Å²) in [5.74, 6) is 0.747. The van der Waals surface area contributed by atoms with E-state index in [1.807, 2.05) is 24.3 Å². The van der Waals surface area contributed by atoms with Gasteiger partial charge in [0, 0.05) is 13.0 Å². The van der Waals surface area contributed by atoms with Gasteiger partial charge in [0.15, 0.2) is 0 Å². The molecule has 4 aromatic rings. The van der Waals surface area contributed by atoms with Crippen LogP contribution < -0.4 is 10.9 Å². The first kappa shape index (κ1) is 18.1. The quantitative estimate of drug-likeness (QED) is 0.477. The second-order valence-electron chi connectivity index (χ2n) is 6.88. The molecule has 4 heteroatoms. The molecule has 0 bridgehead atoms. The summed E-state index contributed by atoms with van der Waals surface area (Å²) in [5, 5.41) is 4.12. The van der Waals surface area contributed by atoms with Crippen molar-refractivity contribution in [3.05, 3.63) is 101 Å². The Labute approximate surface area is 164 Å². The Morgan fingerprint density at radius 1 is 0.857 bits per heavy atom. The van der Waals surface area contributed by atoms with Gasteiger partial charge in [-0.05, 0) is 47.9 Å². The standard InChI is InChI=1S/C24H23N3O/c28-24-21-12-4-5-13-22(21)26-23(27-24)14-7-15-25-17-18-8-6-11-20(16-18)19-9-2-1-3-10-19/h1-6,8-13,16,25H,7,14-15,17H2,(H,26,27,28). The van der Waals surface area contributed by atoms with Crippen LogP contribution in [0.25, 0.3) is 22.0 Å². The molecule has 2 N–H and O–H groups in total. The minimum Gasteiger partial charge on any atom is -0.313 e. The molecular weight excluding hydrogens is 346 g/mol. The van der Waals surface area contributed by atoms with Crippen LogP contribution in [0.2, 0.25) is 0 Å². The summed E-state index contributed by atoms with van der Waals surface area (Å²) in [6.45, 7) is 1.69. The third kappa shape index (κ3) is 4.35. The monoisotopic (exact) mass is 369 g/mol. The van der Waals surface area contributed by atoms with Crippen molar-refractivity contribution in [2.45, 2.75) is 19.4 Å². The molecule has 0 aliphatic heterocycles. The number of H-pyrrole nitrogens is 1. The predicted molar refractivity (Wildman–Crippen MR) is 114 cm³/mol. The number of aromatic nitrogens is 2. The number of hydrogen-bond acceptors (Lipinski definition) is 3. The first-order valence-corrected chi connectivity index (χ1v) is 9.62. The fourth-order valence-corrected chi connectivity index (χ4v) is 3.36. The zero-order valence-electron chi connectivity index (χ0n) is 15.7. The lowest BCUT2D eigenvalue weighted by Crippen LogP contribution is -2.17. The molecular formula is C24H23N3O. The van der Waals surface area contributed by atoms with Gasteiger partial charge in [0.1, 0.15) is 5.82 Å². The number of fused-ring (bicyclic) bond motifs is 1. The van der Waals surface area contributed by atoms with Crippen LogP contribution in [0, 0.1) is 0 Å². The number of para-hydroxylation sites is 1. The summed E-state index contributed by atoms with van der Waals surface area (Å²) in [6, 6.07) is 26.5. The molecule has 0 amide bonds. The Hall–Kier alpha value is -3.24. The van der Waals surface area contributed by atoms with E-state index in [9.17, 15) is 4.79 Å². The Morgan fingerprint density at radius 2 is 1.64 bits per heavy atom. The van der Waals surface area contributed by atoms with Crippen molar-refractivity contribution >= 4 is 10.9 Å². The molecule has 1 aromatic heterocycles. The van der Waals surface area contributed by atoms with E-state index in [1.165, 1.54) is 16.7 Å². The molecule has 0 atom stereocenters. The minimum absolute atomic E-state index is 0.0636. The lowest BCUT2D eigenvalue weighted by molar-refractivity contribution is 0.639. The van der Waals surface area contributed by atoms with Gasteiger partial charge < -0.3 is 10.3 Å². The van der Waals surface area contributed by atoms with Crippen molar-refractivity contribution in [3.8, 4) is 11.1 Å². The molecule has 4 rings (SSSR count). The lowest BCUT2D eigenvalue weighted by Gasteiger charge is -2.08. The molecule has 0 fully saturated rings. The third-order valence-electron chi connectivity index (χ3n) is 4.79. The zero-order valence-corrected chi connectivity index (χ0v) is 15.7.